The predicted octanol–water partition coefficient (Wildman–Crippen LogP) is 3.03. The predicted molar refractivity (Wildman–Crippen MR) is 84.8 cm³/mol. The van der Waals surface area contributed by atoms with Crippen molar-refractivity contribution in [1.82, 2.24) is 0 Å². The van der Waals surface area contributed by atoms with Crippen molar-refractivity contribution in [2.24, 2.45) is 0 Å². The average molecular weight is 301 g/mol. The third kappa shape index (κ3) is 3.91. The summed E-state index contributed by atoms with van der Waals surface area (Å²) in [5.41, 5.74) is 1.66. The molecule has 2 aromatic carbocycles. The fraction of sp³-hybridized carbons (Fsp3) is 0.235. The van der Waals surface area contributed by atoms with Crippen LogP contribution < -0.4 is 19.5 Å². The molecule has 5 nitrogen and oxygen atoms in total. The number of para-hydroxylation sites is 2. The van der Waals surface area contributed by atoms with Gasteiger partial charge in [-0.15, -0.1) is 0 Å². The molecule has 0 aromatic heterocycles. The number of rotatable bonds is 6. The average Bonchev–Trinajstić information content (AvgIpc) is 2.54. The van der Waals surface area contributed by atoms with E-state index >= 15 is 0 Å². The van der Waals surface area contributed by atoms with E-state index in [-0.39, 0.29) is 12.5 Å². The molecule has 0 fully saturated rings. The zero-order chi connectivity index (χ0) is 15.9. The van der Waals surface area contributed by atoms with Crippen LogP contribution in [0, 0.1) is 6.92 Å². The smallest absolute Gasteiger partial charge is 0.262 e. The Morgan fingerprint density at radius 2 is 1.73 bits per heavy atom. The monoisotopic (exact) mass is 301 g/mol. The maximum atomic E-state index is 12.0. The van der Waals surface area contributed by atoms with Crippen LogP contribution in [0.3, 0.4) is 0 Å². The molecule has 0 saturated heterocycles. The lowest BCUT2D eigenvalue weighted by Gasteiger charge is -2.12. The van der Waals surface area contributed by atoms with Crippen LogP contribution in [0.25, 0.3) is 0 Å². The normalized spacial score (nSPS) is 9.95. The van der Waals surface area contributed by atoms with Crippen LogP contribution in [0.1, 0.15) is 5.56 Å². The number of hydrogen-bond acceptors (Lipinski definition) is 4. The van der Waals surface area contributed by atoms with Gasteiger partial charge < -0.3 is 19.5 Å². The summed E-state index contributed by atoms with van der Waals surface area (Å²) in [5.74, 6) is 1.46. The SMILES string of the molecule is COc1ccccc1NC(=O)COc1ccc(C)cc1OC. The molecule has 1 N–H and O–H groups in total. The Morgan fingerprint density at radius 1 is 1.00 bits per heavy atom. The number of hydrogen-bond donors (Lipinski definition) is 1. The first-order valence-corrected chi connectivity index (χ1v) is 6.84. The van der Waals surface area contributed by atoms with E-state index in [9.17, 15) is 4.79 Å². The number of carbonyl (C=O) groups is 1. The molecular formula is C17H19NO4. The van der Waals surface area contributed by atoms with Gasteiger partial charge in [-0.3, -0.25) is 4.79 Å². The highest BCUT2D eigenvalue weighted by Gasteiger charge is 2.10. The van der Waals surface area contributed by atoms with E-state index in [4.69, 9.17) is 14.2 Å². The molecule has 0 bridgehead atoms. The van der Waals surface area contributed by atoms with E-state index in [1.807, 2.05) is 31.2 Å². The second-order valence-corrected chi connectivity index (χ2v) is 4.69. The van der Waals surface area contributed by atoms with Crippen LogP contribution >= 0.6 is 0 Å². The van der Waals surface area contributed by atoms with Gasteiger partial charge in [0, 0.05) is 0 Å². The second-order valence-electron chi connectivity index (χ2n) is 4.69. The van der Waals surface area contributed by atoms with Crippen molar-refractivity contribution in [2.75, 3.05) is 26.1 Å². The van der Waals surface area contributed by atoms with Crippen molar-refractivity contribution >= 4 is 11.6 Å². The fourth-order valence-electron chi connectivity index (χ4n) is 1.97. The van der Waals surface area contributed by atoms with Gasteiger partial charge >= 0.3 is 0 Å². The molecule has 5 heteroatoms. The first kappa shape index (κ1) is 15.7. The van der Waals surface area contributed by atoms with Gasteiger partial charge in [0.2, 0.25) is 0 Å². The third-order valence-electron chi connectivity index (χ3n) is 3.06. The molecule has 0 aliphatic carbocycles. The van der Waals surface area contributed by atoms with Crippen molar-refractivity contribution in [3.05, 3.63) is 48.0 Å². The number of methoxy groups -OCH3 is 2. The van der Waals surface area contributed by atoms with E-state index in [2.05, 4.69) is 5.32 Å². The maximum Gasteiger partial charge on any atom is 0.262 e. The van der Waals surface area contributed by atoms with Gasteiger partial charge in [-0.25, -0.2) is 0 Å². The summed E-state index contributed by atoms with van der Waals surface area (Å²) in [7, 11) is 3.12. The molecule has 2 rings (SSSR count). The Labute approximate surface area is 129 Å². The molecular weight excluding hydrogens is 282 g/mol. The summed E-state index contributed by atoms with van der Waals surface area (Å²) in [4.78, 5) is 12.0. The van der Waals surface area contributed by atoms with Crippen LogP contribution in [-0.4, -0.2) is 26.7 Å². The van der Waals surface area contributed by atoms with Gasteiger partial charge in [0.05, 0.1) is 19.9 Å². The van der Waals surface area contributed by atoms with Gasteiger partial charge in [-0.1, -0.05) is 18.2 Å². The minimum absolute atomic E-state index is 0.114. The highest BCUT2D eigenvalue weighted by molar-refractivity contribution is 5.93. The van der Waals surface area contributed by atoms with Crippen molar-refractivity contribution < 1.29 is 19.0 Å². The van der Waals surface area contributed by atoms with E-state index in [0.717, 1.165) is 5.56 Å². The van der Waals surface area contributed by atoms with Crippen LogP contribution in [0.5, 0.6) is 17.2 Å². The van der Waals surface area contributed by atoms with Gasteiger partial charge in [-0.05, 0) is 36.8 Å². The van der Waals surface area contributed by atoms with E-state index < -0.39 is 0 Å². The Balaban J connectivity index is 1.98. The van der Waals surface area contributed by atoms with Crippen molar-refractivity contribution in [3.8, 4) is 17.2 Å². The number of ether oxygens (including phenoxy) is 3. The summed E-state index contributed by atoms with van der Waals surface area (Å²) in [6.45, 7) is 1.85. The highest BCUT2D eigenvalue weighted by atomic mass is 16.5. The molecule has 0 atom stereocenters. The first-order chi connectivity index (χ1) is 10.6. The minimum Gasteiger partial charge on any atom is -0.495 e. The molecule has 0 heterocycles. The van der Waals surface area contributed by atoms with E-state index in [1.165, 1.54) is 0 Å². The Hall–Kier alpha value is -2.69. The largest absolute Gasteiger partial charge is 0.495 e. The van der Waals surface area contributed by atoms with Crippen molar-refractivity contribution in [3.63, 3.8) is 0 Å². The van der Waals surface area contributed by atoms with Gasteiger partial charge in [0.15, 0.2) is 18.1 Å². The van der Waals surface area contributed by atoms with Crippen LogP contribution in [0.4, 0.5) is 5.69 Å². The zero-order valence-electron chi connectivity index (χ0n) is 12.9. The Bertz CT molecular complexity index is 655. The quantitative estimate of drug-likeness (QED) is 0.891. The van der Waals surface area contributed by atoms with E-state index in [0.29, 0.717) is 22.9 Å². The van der Waals surface area contributed by atoms with E-state index in [1.54, 1.807) is 32.4 Å². The summed E-state index contributed by atoms with van der Waals surface area (Å²) < 4.78 is 15.9. The minimum atomic E-state index is -0.271. The second kappa shape index (κ2) is 7.36. The number of carbonyl (C=O) groups excluding carboxylic acids is 1. The number of anilines is 1. The number of nitrogens with one attached hydrogen (secondary N) is 1. The zero-order valence-corrected chi connectivity index (χ0v) is 12.9. The number of aryl methyl sites for hydroxylation is 1. The molecule has 2 aromatic rings. The summed E-state index contributed by atoms with van der Waals surface area (Å²) in [6.07, 6.45) is 0. The first-order valence-electron chi connectivity index (χ1n) is 6.84. The number of benzene rings is 2. The summed E-state index contributed by atoms with van der Waals surface area (Å²) in [5, 5.41) is 2.75. The Kier molecular flexibility index (Phi) is 5.25. The van der Waals surface area contributed by atoms with Gasteiger partial charge in [0.25, 0.3) is 5.91 Å². The molecule has 0 aliphatic heterocycles. The highest BCUT2D eigenvalue weighted by Crippen LogP contribution is 2.28. The molecule has 22 heavy (non-hydrogen) atoms. The molecule has 0 spiro atoms. The molecule has 116 valence electrons. The van der Waals surface area contributed by atoms with Gasteiger partial charge in [-0.2, -0.15) is 0 Å². The molecule has 0 saturated carbocycles. The lowest BCUT2D eigenvalue weighted by Crippen LogP contribution is -2.20. The van der Waals surface area contributed by atoms with Crippen LogP contribution in [0.15, 0.2) is 42.5 Å². The van der Waals surface area contributed by atoms with Crippen molar-refractivity contribution in [1.29, 1.82) is 0 Å². The van der Waals surface area contributed by atoms with Gasteiger partial charge in [0.1, 0.15) is 5.75 Å². The molecule has 0 unspecified atom stereocenters. The van der Waals surface area contributed by atoms with Crippen LogP contribution in [0.2, 0.25) is 0 Å². The van der Waals surface area contributed by atoms with Crippen molar-refractivity contribution in [2.45, 2.75) is 6.92 Å². The molecule has 1 amide bonds. The van der Waals surface area contributed by atoms with Crippen LogP contribution in [-0.2, 0) is 4.79 Å². The fourth-order valence-corrected chi connectivity index (χ4v) is 1.97. The maximum absolute atomic E-state index is 12.0. The third-order valence-corrected chi connectivity index (χ3v) is 3.06. The lowest BCUT2D eigenvalue weighted by atomic mass is 10.2. The summed E-state index contributed by atoms with van der Waals surface area (Å²) in [6, 6.07) is 12.7. The summed E-state index contributed by atoms with van der Waals surface area (Å²) >= 11 is 0. The molecule has 0 aliphatic rings. The Morgan fingerprint density at radius 3 is 2.45 bits per heavy atom. The molecule has 0 radical (unpaired) electrons. The standard InChI is InChI=1S/C17H19NO4/c1-12-8-9-15(16(10-12)21-3)22-11-17(19)18-13-6-4-5-7-14(13)20-2/h4-10H,11H2,1-3H3,(H,18,19). The lowest BCUT2D eigenvalue weighted by molar-refractivity contribution is -0.118. The topological polar surface area (TPSA) is 56.8 Å². The number of amides is 1.